The molecule has 0 atom stereocenters. The molecule has 11 heteroatoms. The number of carbonyl (C=O) groups excluding carboxylic acids is 1. The molecule has 1 N–H and O–H groups in total. The van der Waals surface area contributed by atoms with Gasteiger partial charge in [-0.25, -0.2) is 14.1 Å². The molecule has 1 aromatic carbocycles. The first-order chi connectivity index (χ1) is 12.4. The zero-order valence-corrected chi connectivity index (χ0v) is 13.7. The van der Waals surface area contributed by atoms with Crippen LogP contribution in [0.1, 0.15) is 11.3 Å². The summed E-state index contributed by atoms with van der Waals surface area (Å²) in [6, 6.07) is 7.20. The zero-order valence-electron chi connectivity index (χ0n) is 13.7. The van der Waals surface area contributed by atoms with Crippen molar-refractivity contribution in [3.05, 3.63) is 63.8 Å². The van der Waals surface area contributed by atoms with Crippen molar-refractivity contribution in [3.63, 3.8) is 0 Å². The van der Waals surface area contributed by atoms with Crippen molar-refractivity contribution in [3.8, 4) is 0 Å². The van der Waals surface area contributed by atoms with Crippen molar-refractivity contribution in [2.24, 2.45) is 0 Å². The van der Waals surface area contributed by atoms with Crippen LogP contribution in [-0.2, 0) is 17.9 Å². The van der Waals surface area contributed by atoms with Crippen LogP contribution in [0.5, 0.6) is 0 Å². The molecular formula is C15H14FN7O3. The highest BCUT2D eigenvalue weighted by molar-refractivity contribution is 5.88. The maximum absolute atomic E-state index is 12.9. The third-order valence-corrected chi connectivity index (χ3v) is 3.41. The van der Waals surface area contributed by atoms with Gasteiger partial charge in [0, 0.05) is 0 Å². The Morgan fingerprint density at radius 3 is 2.73 bits per heavy atom. The molecule has 3 aromatic rings. The normalized spacial score (nSPS) is 10.7. The molecule has 0 fully saturated rings. The van der Waals surface area contributed by atoms with E-state index in [1.165, 1.54) is 29.2 Å². The summed E-state index contributed by atoms with van der Waals surface area (Å²) in [6.45, 7) is 1.61. The minimum atomic E-state index is -0.608. The van der Waals surface area contributed by atoms with Gasteiger partial charge in [0.25, 0.3) is 5.91 Å². The Hall–Kier alpha value is -3.63. The first-order valence-electron chi connectivity index (χ1n) is 7.53. The second kappa shape index (κ2) is 7.09. The number of aromatic nitrogens is 5. The number of nitrogens with zero attached hydrogens (tertiary/aromatic N) is 6. The molecule has 0 aliphatic rings. The fourth-order valence-electron chi connectivity index (χ4n) is 2.30. The number of anilines is 1. The standard InChI is InChI=1S/C15H14FN7O3/c1-10-6-14(23(25)26)22(19-10)8-13(24)18-15-17-9-21(20-15)7-11-2-4-12(16)5-3-11/h2-6,9H,7-8H2,1H3,(H,18,20,24). The van der Waals surface area contributed by atoms with Crippen molar-refractivity contribution in [1.82, 2.24) is 24.5 Å². The van der Waals surface area contributed by atoms with E-state index in [1.54, 1.807) is 19.1 Å². The Labute approximate surface area is 146 Å². The van der Waals surface area contributed by atoms with E-state index in [2.05, 4.69) is 20.5 Å². The van der Waals surface area contributed by atoms with Gasteiger partial charge in [-0.1, -0.05) is 17.2 Å². The Morgan fingerprint density at radius 1 is 1.31 bits per heavy atom. The largest absolute Gasteiger partial charge is 0.358 e. The number of carbonyl (C=O) groups is 1. The molecule has 0 unspecified atom stereocenters. The lowest BCUT2D eigenvalue weighted by atomic mass is 10.2. The van der Waals surface area contributed by atoms with Gasteiger partial charge in [-0.15, -0.1) is 9.78 Å². The van der Waals surface area contributed by atoms with Gasteiger partial charge in [-0.3, -0.25) is 10.1 Å². The van der Waals surface area contributed by atoms with Crippen LogP contribution in [0.15, 0.2) is 36.7 Å². The Kier molecular flexibility index (Phi) is 4.69. The molecular weight excluding hydrogens is 345 g/mol. The summed E-state index contributed by atoms with van der Waals surface area (Å²) in [5.41, 5.74) is 1.25. The summed E-state index contributed by atoms with van der Waals surface area (Å²) in [5.74, 6) is -1.09. The summed E-state index contributed by atoms with van der Waals surface area (Å²) in [7, 11) is 0. The summed E-state index contributed by atoms with van der Waals surface area (Å²) in [5, 5.41) is 21.4. The number of halogens is 1. The van der Waals surface area contributed by atoms with Crippen LogP contribution in [-0.4, -0.2) is 35.4 Å². The smallest absolute Gasteiger partial charge is 0.345 e. The molecule has 0 spiro atoms. The number of nitrogens with one attached hydrogen (secondary N) is 1. The van der Waals surface area contributed by atoms with E-state index in [0.717, 1.165) is 10.2 Å². The van der Waals surface area contributed by atoms with Gasteiger partial charge in [0.1, 0.15) is 12.1 Å². The van der Waals surface area contributed by atoms with E-state index in [4.69, 9.17) is 0 Å². The van der Waals surface area contributed by atoms with Crippen molar-refractivity contribution in [1.29, 1.82) is 0 Å². The summed E-state index contributed by atoms with van der Waals surface area (Å²) < 4.78 is 15.4. The second-order valence-electron chi connectivity index (χ2n) is 5.50. The monoisotopic (exact) mass is 359 g/mol. The van der Waals surface area contributed by atoms with E-state index < -0.39 is 10.8 Å². The number of aryl methyl sites for hydroxylation is 1. The third-order valence-electron chi connectivity index (χ3n) is 3.41. The van der Waals surface area contributed by atoms with E-state index in [0.29, 0.717) is 12.2 Å². The lowest BCUT2D eigenvalue weighted by Gasteiger charge is -2.01. The lowest BCUT2D eigenvalue weighted by Crippen LogP contribution is -2.21. The summed E-state index contributed by atoms with van der Waals surface area (Å²) in [4.78, 5) is 26.3. The van der Waals surface area contributed by atoms with E-state index in [9.17, 15) is 19.3 Å². The van der Waals surface area contributed by atoms with Crippen LogP contribution >= 0.6 is 0 Å². The van der Waals surface area contributed by atoms with Crippen molar-refractivity contribution >= 4 is 17.7 Å². The number of amides is 1. The average Bonchev–Trinajstić information content (AvgIpc) is 3.16. The molecule has 3 rings (SSSR count). The van der Waals surface area contributed by atoms with E-state index >= 15 is 0 Å². The lowest BCUT2D eigenvalue weighted by molar-refractivity contribution is -0.392. The fourth-order valence-corrected chi connectivity index (χ4v) is 2.30. The van der Waals surface area contributed by atoms with Crippen LogP contribution in [0.2, 0.25) is 0 Å². The van der Waals surface area contributed by atoms with Crippen LogP contribution in [0.4, 0.5) is 16.2 Å². The highest BCUT2D eigenvalue weighted by Gasteiger charge is 2.20. The first kappa shape index (κ1) is 17.2. The van der Waals surface area contributed by atoms with Crippen molar-refractivity contribution in [2.45, 2.75) is 20.0 Å². The summed E-state index contributed by atoms with van der Waals surface area (Å²) in [6.07, 6.45) is 1.42. The molecule has 0 saturated carbocycles. The maximum atomic E-state index is 12.9. The van der Waals surface area contributed by atoms with Gasteiger partial charge in [-0.2, -0.15) is 0 Å². The first-order valence-corrected chi connectivity index (χ1v) is 7.53. The molecule has 0 aliphatic carbocycles. The molecule has 26 heavy (non-hydrogen) atoms. The van der Waals surface area contributed by atoms with Gasteiger partial charge in [-0.05, 0) is 29.5 Å². The molecule has 0 bridgehead atoms. The molecule has 134 valence electrons. The Bertz CT molecular complexity index is 949. The number of nitro groups is 1. The van der Waals surface area contributed by atoms with Gasteiger partial charge in [0.05, 0.1) is 18.3 Å². The highest BCUT2D eigenvalue weighted by Crippen LogP contribution is 2.13. The van der Waals surface area contributed by atoms with Crippen LogP contribution in [0.25, 0.3) is 0 Å². The molecule has 1 amide bonds. The number of hydrogen-bond acceptors (Lipinski definition) is 6. The van der Waals surface area contributed by atoms with Gasteiger partial charge in [0.15, 0.2) is 6.54 Å². The highest BCUT2D eigenvalue weighted by atomic mass is 19.1. The number of hydrogen-bond donors (Lipinski definition) is 1. The summed E-state index contributed by atoms with van der Waals surface area (Å²) >= 11 is 0. The molecule has 0 aliphatic heterocycles. The Balaban J connectivity index is 1.63. The Morgan fingerprint density at radius 2 is 2.04 bits per heavy atom. The quantitative estimate of drug-likeness (QED) is 0.526. The predicted molar refractivity (Wildman–Crippen MR) is 87.8 cm³/mol. The molecule has 0 saturated heterocycles. The van der Waals surface area contributed by atoms with E-state index in [-0.39, 0.29) is 24.1 Å². The van der Waals surface area contributed by atoms with Crippen LogP contribution in [0.3, 0.4) is 0 Å². The van der Waals surface area contributed by atoms with Crippen LogP contribution in [0, 0.1) is 22.9 Å². The second-order valence-corrected chi connectivity index (χ2v) is 5.50. The van der Waals surface area contributed by atoms with Crippen molar-refractivity contribution in [2.75, 3.05) is 5.32 Å². The zero-order chi connectivity index (χ0) is 18.7. The fraction of sp³-hybridized carbons (Fsp3) is 0.200. The van der Waals surface area contributed by atoms with Gasteiger partial charge in [0.2, 0.25) is 5.95 Å². The van der Waals surface area contributed by atoms with Crippen LogP contribution < -0.4 is 5.32 Å². The SMILES string of the molecule is Cc1cc([N+](=O)[O-])n(CC(=O)Nc2ncn(Cc3ccc(F)cc3)n2)n1. The molecule has 2 heterocycles. The molecule has 2 aromatic heterocycles. The van der Waals surface area contributed by atoms with Crippen molar-refractivity contribution < 1.29 is 14.1 Å². The minimum absolute atomic E-state index is 0.0589. The topological polar surface area (TPSA) is 121 Å². The molecule has 0 radical (unpaired) electrons. The number of rotatable bonds is 6. The minimum Gasteiger partial charge on any atom is -0.358 e. The van der Waals surface area contributed by atoms with Gasteiger partial charge >= 0.3 is 5.82 Å². The third kappa shape index (κ3) is 4.06. The van der Waals surface area contributed by atoms with E-state index in [1.807, 2.05) is 0 Å². The molecule has 10 nitrogen and oxygen atoms in total. The maximum Gasteiger partial charge on any atom is 0.345 e. The average molecular weight is 359 g/mol. The predicted octanol–water partition coefficient (Wildman–Crippen LogP) is 1.52. The number of benzene rings is 1. The van der Waals surface area contributed by atoms with Gasteiger partial charge < -0.3 is 10.1 Å².